The molecule has 0 aliphatic heterocycles. The summed E-state index contributed by atoms with van der Waals surface area (Å²) in [7, 11) is -1.13. The highest BCUT2D eigenvalue weighted by Gasteiger charge is 2.15. The SMILES string of the molecule is CCS(=O)(=O)CCC(CNC)Cc1ccccc1F. The third-order valence-corrected chi connectivity index (χ3v) is 4.97. The molecule has 0 amide bonds. The highest BCUT2D eigenvalue weighted by atomic mass is 32.2. The first-order chi connectivity index (χ1) is 8.98. The zero-order chi connectivity index (χ0) is 14.3. The van der Waals surface area contributed by atoms with Crippen molar-refractivity contribution in [1.82, 2.24) is 5.32 Å². The van der Waals surface area contributed by atoms with Crippen molar-refractivity contribution in [3.63, 3.8) is 0 Å². The van der Waals surface area contributed by atoms with Gasteiger partial charge in [0.15, 0.2) is 0 Å². The number of nitrogens with one attached hydrogen (secondary N) is 1. The van der Waals surface area contributed by atoms with Gasteiger partial charge in [-0.3, -0.25) is 0 Å². The van der Waals surface area contributed by atoms with E-state index in [4.69, 9.17) is 0 Å². The molecule has 1 aromatic carbocycles. The molecule has 108 valence electrons. The van der Waals surface area contributed by atoms with Crippen LogP contribution in [0.5, 0.6) is 0 Å². The molecular weight excluding hydrogens is 265 g/mol. The van der Waals surface area contributed by atoms with Crippen LogP contribution in [0.2, 0.25) is 0 Å². The van der Waals surface area contributed by atoms with Gasteiger partial charge in [-0.1, -0.05) is 25.1 Å². The standard InChI is InChI=1S/C14H22FNO2S/c1-3-19(17,18)9-8-12(11-16-2)10-13-6-4-5-7-14(13)15/h4-7,12,16H,3,8-11H2,1-2H3. The number of halogens is 1. The molecule has 0 radical (unpaired) electrons. The fraction of sp³-hybridized carbons (Fsp3) is 0.571. The van der Waals surface area contributed by atoms with Gasteiger partial charge in [0.1, 0.15) is 15.7 Å². The Balaban J connectivity index is 2.66. The Kier molecular flexibility index (Phi) is 6.45. The summed E-state index contributed by atoms with van der Waals surface area (Å²) in [5.41, 5.74) is 0.650. The van der Waals surface area contributed by atoms with Crippen molar-refractivity contribution in [1.29, 1.82) is 0 Å². The van der Waals surface area contributed by atoms with E-state index in [1.807, 2.05) is 7.05 Å². The highest BCUT2D eigenvalue weighted by molar-refractivity contribution is 7.91. The fourth-order valence-corrected chi connectivity index (χ4v) is 3.01. The van der Waals surface area contributed by atoms with Crippen LogP contribution in [-0.4, -0.2) is 33.5 Å². The van der Waals surface area contributed by atoms with E-state index in [1.54, 1.807) is 25.1 Å². The van der Waals surface area contributed by atoms with Gasteiger partial charge < -0.3 is 5.32 Å². The van der Waals surface area contributed by atoms with Crippen molar-refractivity contribution in [3.8, 4) is 0 Å². The summed E-state index contributed by atoms with van der Waals surface area (Å²) in [6.45, 7) is 2.34. The Morgan fingerprint density at radius 1 is 1.32 bits per heavy atom. The van der Waals surface area contributed by atoms with E-state index >= 15 is 0 Å². The van der Waals surface area contributed by atoms with Crippen LogP contribution >= 0.6 is 0 Å². The number of hydrogen-bond donors (Lipinski definition) is 1. The zero-order valence-electron chi connectivity index (χ0n) is 11.5. The van der Waals surface area contributed by atoms with E-state index in [9.17, 15) is 12.8 Å². The minimum atomic E-state index is -2.96. The second-order valence-corrected chi connectivity index (χ2v) is 7.22. The van der Waals surface area contributed by atoms with Crippen LogP contribution < -0.4 is 5.32 Å². The Bertz CT molecular complexity index is 488. The molecule has 5 heteroatoms. The van der Waals surface area contributed by atoms with E-state index in [2.05, 4.69) is 5.32 Å². The van der Waals surface area contributed by atoms with E-state index < -0.39 is 9.84 Å². The summed E-state index contributed by atoms with van der Waals surface area (Å²) < 4.78 is 36.7. The van der Waals surface area contributed by atoms with Crippen LogP contribution in [0.25, 0.3) is 0 Å². The second-order valence-electron chi connectivity index (χ2n) is 4.74. The predicted octanol–water partition coefficient (Wildman–Crippen LogP) is 2.03. The van der Waals surface area contributed by atoms with Gasteiger partial charge in [0.2, 0.25) is 0 Å². The predicted molar refractivity (Wildman–Crippen MR) is 76.5 cm³/mol. The lowest BCUT2D eigenvalue weighted by Gasteiger charge is -2.16. The molecule has 0 spiro atoms. The fourth-order valence-electron chi connectivity index (χ4n) is 2.03. The summed E-state index contributed by atoms with van der Waals surface area (Å²) >= 11 is 0. The highest BCUT2D eigenvalue weighted by Crippen LogP contribution is 2.16. The molecule has 0 heterocycles. The van der Waals surface area contributed by atoms with E-state index in [0.29, 0.717) is 24.9 Å². The van der Waals surface area contributed by atoms with Gasteiger partial charge in [0.25, 0.3) is 0 Å². The second kappa shape index (κ2) is 7.60. The molecule has 3 nitrogen and oxygen atoms in total. The van der Waals surface area contributed by atoms with Crippen LogP contribution in [0.4, 0.5) is 4.39 Å². The Morgan fingerprint density at radius 3 is 2.58 bits per heavy atom. The largest absolute Gasteiger partial charge is 0.319 e. The molecule has 0 bridgehead atoms. The lowest BCUT2D eigenvalue weighted by Crippen LogP contribution is -2.24. The smallest absolute Gasteiger partial charge is 0.150 e. The normalized spacial score (nSPS) is 13.4. The first kappa shape index (κ1) is 16.1. The molecular formula is C14H22FNO2S. The number of benzene rings is 1. The maximum absolute atomic E-state index is 13.6. The van der Waals surface area contributed by atoms with Gasteiger partial charge in [0.05, 0.1) is 5.75 Å². The van der Waals surface area contributed by atoms with Crippen LogP contribution in [0.3, 0.4) is 0 Å². The van der Waals surface area contributed by atoms with Crippen molar-refractivity contribution in [2.45, 2.75) is 19.8 Å². The Hall–Kier alpha value is -0.940. The number of hydrogen-bond acceptors (Lipinski definition) is 3. The average Bonchev–Trinajstić information content (AvgIpc) is 2.39. The summed E-state index contributed by atoms with van der Waals surface area (Å²) in [5.74, 6) is 0.244. The minimum Gasteiger partial charge on any atom is -0.319 e. The van der Waals surface area contributed by atoms with Gasteiger partial charge in [0, 0.05) is 5.75 Å². The lowest BCUT2D eigenvalue weighted by atomic mass is 9.96. The number of sulfone groups is 1. The van der Waals surface area contributed by atoms with Gasteiger partial charge in [-0.25, -0.2) is 12.8 Å². The van der Waals surface area contributed by atoms with Gasteiger partial charge >= 0.3 is 0 Å². The molecule has 1 aromatic rings. The third kappa shape index (κ3) is 5.70. The molecule has 1 rings (SSSR count). The average molecular weight is 287 g/mol. The number of rotatable bonds is 8. The molecule has 0 saturated carbocycles. The van der Waals surface area contributed by atoms with E-state index in [0.717, 1.165) is 0 Å². The van der Waals surface area contributed by atoms with E-state index in [1.165, 1.54) is 6.07 Å². The Morgan fingerprint density at radius 2 is 2.00 bits per heavy atom. The maximum Gasteiger partial charge on any atom is 0.150 e. The molecule has 19 heavy (non-hydrogen) atoms. The lowest BCUT2D eigenvalue weighted by molar-refractivity contribution is 0.467. The summed E-state index contributed by atoms with van der Waals surface area (Å²) in [6.07, 6.45) is 1.12. The van der Waals surface area contributed by atoms with Crippen molar-refractivity contribution in [2.75, 3.05) is 25.1 Å². The van der Waals surface area contributed by atoms with Crippen LogP contribution in [0.15, 0.2) is 24.3 Å². The maximum atomic E-state index is 13.6. The van der Waals surface area contributed by atoms with Crippen LogP contribution in [-0.2, 0) is 16.3 Å². The third-order valence-electron chi connectivity index (χ3n) is 3.24. The van der Waals surface area contributed by atoms with Crippen LogP contribution in [0, 0.1) is 11.7 Å². The first-order valence-corrected chi connectivity index (χ1v) is 8.39. The quantitative estimate of drug-likeness (QED) is 0.796. The summed E-state index contributed by atoms with van der Waals surface area (Å²) in [4.78, 5) is 0. The molecule has 1 unspecified atom stereocenters. The van der Waals surface area contributed by atoms with Gasteiger partial charge in [-0.2, -0.15) is 0 Å². The monoisotopic (exact) mass is 287 g/mol. The summed E-state index contributed by atoms with van der Waals surface area (Å²) in [6, 6.07) is 6.66. The van der Waals surface area contributed by atoms with Gasteiger partial charge in [-0.15, -0.1) is 0 Å². The Labute approximate surface area is 115 Å². The van der Waals surface area contributed by atoms with E-state index in [-0.39, 0.29) is 23.2 Å². The van der Waals surface area contributed by atoms with Crippen LogP contribution in [0.1, 0.15) is 18.9 Å². The summed E-state index contributed by atoms with van der Waals surface area (Å²) in [5, 5.41) is 3.04. The molecule has 0 fully saturated rings. The minimum absolute atomic E-state index is 0.128. The zero-order valence-corrected chi connectivity index (χ0v) is 12.3. The molecule has 0 aromatic heterocycles. The first-order valence-electron chi connectivity index (χ1n) is 6.57. The van der Waals surface area contributed by atoms with Crippen molar-refractivity contribution < 1.29 is 12.8 Å². The molecule has 0 aliphatic carbocycles. The van der Waals surface area contributed by atoms with Crippen molar-refractivity contribution >= 4 is 9.84 Å². The topological polar surface area (TPSA) is 46.2 Å². The van der Waals surface area contributed by atoms with Gasteiger partial charge in [-0.05, 0) is 44.0 Å². The molecule has 0 aliphatic rings. The van der Waals surface area contributed by atoms with Crippen molar-refractivity contribution in [2.24, 2.45) is 5.92 Å². The van der Waals surface area contributed by atoms with Crippen molar-refractivity contribution in [3.05, 3.63) is 35.6 Å². The molecule has 0 saturated heterocycles. The molecule has 1 atom stereocenters. The molecule has 1 N–H and O–H groups in total.